The second-order valence-corrected chi connectivity index (χ2v) is 5.28. The summed E-state index contributed by atoms with van der Waals surface area (Å²) in [5.74, 6) is -1.27. The van der Waals surface area contributed by atoms with Crippen molar-refractivity contribution in [3.05, 3.63) is 62.1 Å². The second-order valence-electron chi connectivity index (χ2n) is 4.36. The smallest absolute Gasteiger partial charge is 0.275 e. The van der Waals surface area contributed by atoms with E-state index in [-0.39, 0.29) is 17.0 Å². The van der Waals surface area contributed by atoms with Crippen LogP contribution in [-0.2, 0) is 0 Å². The van der Waals surface area contributed by atoms with Crippen molar-refractivity contribution >= 4 is 33.7 Å². The molecule has 0 fully saturated rings. The summed E-state index contributed by atoms with van der Waals surface area (Å²) < 4.78 is 0.708. The van der Waals surface area contributed by atoms with Gasteiger partial charge in [0.05, 0.1) is 16.7 Å². The normalized spacial score (nSPS) is 10.7. The van der Waals surface area contributed by atoms with Crippen LogP contribution in [0.5, 0.6) is 11.5 Å². The third-order valence-electron chi connectivity index (χ3n) is 2.79. The third-order valence-corrected chi connectivity index (χ3v) is 3.29. The lowest BCUT2D eigenvalue weighted by Crippen LogP contribution is -2.18. The molecule has 0 bridgehead atoms. The first-order valence-electron chi connectivity index (χ1n) is 6.18. The summed E-state index contributed by atoms with van der Waals surface area (Å²) in [6, 6.07) is 7.73. The molecule has 2 aromatic carbocycles. The number of aromatic hydroxyl groups is 2. The molecule has 0 unspecified atom stereocenters. The number of hydrazone groups is 1. The van der Waals surface area contributed by atoms with E-state index in [1.807, 2.05) is 0 Å². The molecule has 3 N–H and O–H groups in total. The molecular formula is C14H10BrN3O5. The van der Waals surface area contributed by atoms with Gasteiger partial charge in [-0.05, 0) is 24.3 Å². The zero-order valence-electron chi connectivity index (χ0n) is 11.4. The lowest BCUT2D eigenvalue weighted by molar-refractivity contribution is -0.384. The molecule has 0 spiro atoms. The maximum atomic E-state index is 11.9. The van der Waals surface area contributed by atoms with Gasteiger partial charge in [-0.25, -0.2) is 5.43 Å². The SMILES string of the molecule is O=C(N/N=C\c1cc(Br)ccc1O)c1cc([N+](=O)[O-])ccc1O. The number of halogens is 1. The predicted octanol–water partition coefficient (Wildman–Crippen LogP) is 2.53. The minimum atomic E-state index is -0.822. The van der Waals surface area contributed by atoms with Crippen LogP contribution in [-0.4, -0.2) is 27.3 Å². The number of nitro groups is 1. The molecule has 0 aliphatic heterocycles. The monoisotopic (exact) mass is 379 g/mol. The fraction of sp³-hybridized carbons (Fsp3) is 0. The molecular weight excluding hydrogens is 370 g/mol. The van der Waals surface area contributed by atoms with Crippen molar-refractivity contribution in [2.45, 2.75) is 0 Å². The second kappa shape index (κ2) is 6.88. The van der Waals surface area contributed by atoms with Crippen molar-refractivity contribution in [3.63, 3.8) is 0 Å². The number of hydrogen-bond donors (Lipinski definition) is 3. The number of hydrogen-bond acceptors (Lipinski definition) is 6. The number of amides is 1. The number of phenols is 2. The Morgan fingerprint density at radius 3 is 2.61 bits per heavy atom. The largest absolute Gasteiger partial charge is 0.507 e. The van der Waals surface area contributed by atoms with Crippen LogP contribution in [0.2, 0.25) is 0 Å². The zero-order chi connectivity index (χ0) is 17.0. The van der Waals surface area contributed by atoms with Crippen LogP contribution < -0.4 is 5.43 Å². The lowest BCUT2D eigenvalue weighted by atomic mass is 10.1. The maximum Gasteiger partial charge on any atom is 0.275 e. The van der Waals surface area contributed by atoms with Crippen LogP contribution in [0.4, 0.5) is 5.69 Å². The van der Waals surface area contributed by atoms with E-state index in [9.17, 15) is 25.1 Å². The summed E-state index contributed by atoms with van der Waals surface area (Å²) in [6.07, 6.45) is 1.20. The van der Waals surface area contributed by atoms with Crippen molar-refractivity contribution in [2.24, 2.45) is 5.10 Å². The number of nitrogens with one attached hydrogen (secondary N) is 1. The summed E-state index contributed by atoms with van der Waals surface area (Å²) in [6.45, 7) is 0. The zero-order valence-corrected chi connectivity index (χ0v) is 13.0. The van der Waals surface area contributed by atoms with Crippen LogP contribution in [0, 0.1) is 10.1 Å². The fourth-order valence-corrected chi connectivity index (χ4v) is 2.05. The highest BCUT2D eigenvalue weighted by Crippen LogP contribution is 2.23. The van der Waals surface area contributed by atoms with E-state index in [2.05, 4.69) is 26.5 Å². The Labute approximate surface area is 138 Å². The van der Waals surface area contributed by atoms with Gasteiger partial charge in [-0.3, -0.25) is 14.9 Å². The van der Waals surface area contributed by atoms with E-state index >= 15 is 0 Å². The summed E-state index contributed by atoms with van der Waals surface area (Å²) in [4.78, 5) is 21.9. The Balaban J connectivity index is 2.16. The summed E-state index contributed by atoms with van der Waals surface area (Å²) in [5, 5.41) is 33.6. The molecule has 8 nitrogen and oxygen atoms in total. The van der Waals surface area contributed by atoms with Gasteiger partial charge in [0.15, 0.2) is 0 Å². The van der Waals surface area contributed by atoms with Crippen LogP contribution in [0.15, 0.2) is 46.0 Å². The first-order chi connectivity index (χ1) is 10.9. The minimum absolute atomic E-state index is 0.0376. The molecule has 0 heterocycles. The van der Waals surface area contributed by atoms with E-state index in [0.717, 1.165) is 18.2 Å². The minimum Gasteiger partial charge on any atom is -0.507 e. The number of benzene rings is 2. The van der Waals surface area contributed by atoms with Gasteiger partial charge in [-0.15, -0.1) is 0 Å². The average Bonchev–Trinajstić information content (AvgIpc) is 2.50. The van der Waals surface area contributed by atoms with E-state index in [0.29, 0.717) is 10.0 Å². The highest BCUT2D eigenvalue weighted by molar-refractivity contribution is 9.10. The van der Waals surface area contributed by atoms with Crippen molar-refractivity contribution in [1.82, 2.24) is 5.43 Å². The predicted molar refractivity (Wildman–Crippen MR) is 85.6 cm³/mol. The molecule has 0 aliphatic rings. The topological polar surface area (TPSA) is 125 Å². The Kier molecular flexibility index (Phi) is 4.91. The number of rotatable bonds is 4. The van der Waals surface area contributed by atoms with E-state index in [4.69, 9.17) is 0 Å². The first kappa shape index (κ1) is 16.4. The molecule has 2 aromatic rings. The van der Waals surface area contributed by atoms with Gasteiger partial charge in [0.25, 0.3) is 11.6 Å². The molecule has 9 heteroatoms. The first-order valence-corrected chi connectivity index (χ1v) is 6.97. The van der Waals surface area contributed by atoms with E-state index in [1.54, 1.807) is 12.1 Å². The van der Waals surface area contributed by atoms with Crippen LogP contribution in [0.3, 0.4) is 0 Å². The maximum absolute atomic E-state index is 11.9. The summed E-state index contributed by atoms with van der Waals surface area (Å²) >= 11 is 3.23. The summed E-state index contributed by atoms with van der Waals surface area (Å²) in [5.41, 5.74) is 1.86. The Bertz CT molecular complexity index is 807. The number of non-ortho nitro benzene ring substituents is 1. The standard InChI is InChI=1S/C14H10BrN3O5/c15-9-1-3-12(19)8(5-9)7-16-17-14(21)11-6-10(18(22)23)2-4-13(11)20/h1-7,19-20H,(H,17,21)/b16-7-. The Morgan fingerprint density at radius 2 is 1.91 bits per heavy atom. The highest BCUT2D eigenvalue weighted by atomic mass is 79.9. The lowest BCUT2D eigenvalue weighted by Gasteiger charge is -2.03. The van der Waals surface area contributed by atoms with Crippen molar-refractivity contribution < 1.29 is 19.9 Å². The van der Waals surface area contributed by atoms with Gasteiger partial charge in [-0.2, -0.15) is 5.10 Å². The Hall–Kier alpha value is -2.94. The molecule has 2 rings (SSSR count). The van der Waals surface area contributed by atoms with Crippen LogP contribution >= 0.6 is 15.9 Å². The van der Waals surface area contributed by atoms with Crippen molar-refractivity contribution in [3.8, 4) is 11.5 Å². The van der Waals surface area contributed by atoms with Crippen LogP contribution in [0.25, 0.3) is 0 Å². The van der Waals surface area contributed by atoms with Gasteiger partial charge < -0.3 is 10.2 Å². The van der Waals surface area contributed by atoms with E-state index < -0.39 is 16.6 Å². The van der Waals surface area contributed by atoms with Gasteiger partial charge >= 0.3 is 0 Å². The number of carbonyl (C=O) groups excluding carboxylic acids is 1. The number of nitrogens with zero attached hydrogens (tertiary/aromatic N) is 2. The molecule has 0 aromatic heterocycles. The number of phenolic OH excluding ortho intramolecular Hbond substituents is 2. The fourth-order valence-electron chi connectivity index (χ4n) is 1.67. The molecule has 0 atom stereocenters. The average molecular weight is 380 g/mol. The summed E-state index contributed by atoms with van der Waals surface area (Å²) in [7, 11) is 0. The Morgan fingerprint density at radius 1 is 1.22 bits per heavy atom. The molecule has 0 radical (unpaired) electrons. The molecule has 118 valence electrons. The van der Waals surface area contributed by atoms with Gasteiger partial charge in [0, 0.05) is 22.2 Å². The van der Waals surface area contributed by atoms with Gasteiger partial charge in [0.2, 0.25) is 0 Å². The van der Waals surface area contributed by atoms with Crippen molar-refractivity contribution in [2.75, 3.05) is 0 Å². The van der Waals surface area contributed by atoms with Crippen molar-refractivity contribution in [1.29, 1.82) is 0 Å². The van der Waals surface area contributed by atoms with Gasteiger partial charge in [-0.1, -0.05) is 15.9 Å². The third kappa shape index (κ3) is 4.04. The number of carbonyl (C=O) groups is 1. The molecule has 0 saturated heterocycles. The quantitative estimate of drug-likeness (QED) is 0.427. The molecule has 0 aliphatic carbocycles. The van der Waals surface area contributed by atoms with Crippen LogP contribution in [0.1, 0.15) is 15.9 Å². The molecule has 1 amide bonds. The van der Waals surface area contributed by atoms with Gasteiger partial charge in [0.1, 0.15) is 11.5 Å². The highest BCUT2D eigenvalue weighted by Gasteiger charge is 2.16. The molecule has 0 saturated carbocycles. The number of nitro benzene ring substituents is 1. The molecule has 23 heavy (non-hydrogen) atoms. The van der Waals surface area contributed by atoms with E-state index in [1.165, 1.54) is 12.3 Å².